The van der Waals surface area contributed by atoms with Gasteiger partial charge in [0, 0.05) is 16.3 Å². The Morgan fingerprint density at radius 2 is 1.50 bits per heavy atom. The van der Waals surface area contributed by atoms with Crippen molar-refractivity contribution in [1.29, 1.82) is 0 Å². The van der Waals surface area contributed by atoms with E-state index in [0.717, 1.165) is 3.97 Å². The van der Waals surface area contributed by atoms with E-state index < -0.39 is 20.9 Å². The van der Waals surface area contributed by atoms with Crippen molar-refractivity contribution in [3.05, 3.63) is 88.5 Å². The zero-order valence-electron chi connectivity index (χ0n) is 23.1. The normalized spacial score (nSPS) is 11.4. The maximum Gasteiger partial charge on any atom is 0.338 e. The molecule has 42 heavy (non-hydrogen) atoms. The summed E-state index contributed by atoms with van der Waals surface area (Å²) < 4.78 is 50.8. The van der Waals surface area contributed by atoms with Gasteiger partial charge in [0.25, 0.3) is 15.7 Å². The molecule has 5 rings (SSSR count). The lowest BCUT2D eigenvalue weighted by Crippen LogP contribution is -2.13. The first kappa shape index (κ1) is 28.4. The molecule has 0 spiro atoms. The van der Waals surface area contributed by atoms with Crippen LogP contribution in [0.15, 0.2) is 77.7 Å². The van der Waals surface area contributed by atoms with Crippen LogP contribution in [0.3, 0.4) is 0 Å². The van der Waals surface area contributed by atoms with Gasteiger partial charge in [0.05, 0.1) is 66.0 Å². The van der Waals surface area contributed by atoms with Crippen molar-refractivity contribution in [3.8, 4) is 28.4 Å². The first-order valence-corrected chi connectivity index (χ1v) is 14.1. The number of carbonyl (C=O) groups is 1. The second kappa shape index (κ2) is 11.1. The van der Waals surface area contributed by atoms with E-state index in [-0.39, 0.29) is 50.9 Å². The van der Waals surface area contributed by atoms with Gasteiger partial charge in [0.1, 0.15) is 5.75 Å². The number of nitro groups is 1. The van der Waals surface area contributed by atoms with Crippen molar-refractivity contribution < 1.29 is 37.1 Å². The van der Waals surface area contributed by atoms with Crippen molar-refractivity contribution >= 4 is 43.5 Å². The van der Waals surface area contributed by atoms with E-state index in [9.17, 15) is 23.3 Å². The van der Waals surface area contributed by atoms with Crippen LogP contribution >= 0.6 is 0 Å². The van der Waals surface area contributed by atoms with Gasteiger partial charge in [-0.25, -0.2) is 17.2 Å². The number of methoxy groups -OCH3 is 3. The molecule has 0 aliphatic carbocycles. The van der Waals surface area contributed by atoms with Gasteiger partial charge in [-0.3, -0.25) is 10.1 Å². The Morgan fingerprint density at radius 3 is 2.12 bits per heavy atom. The Labute approximate surface area is 241 Å². The van der Waals surface area contributed by atoms with Crippen molar-refractivity contribution in [2.75, 3.05) is 27.9 Å². The minimum atomic E-state index is -4.18. The van der Waals surface area contributed by atoms with Crippen molar-refractivity contribution in [2.45, 2.75) is 11.8 Å². The highest BCUT2D eigenvalue weighted by molar-refractivity contribution is 7.90. The topological polar surface area (TPSA) is 136 Å². The molecular formula is C30H26N2O9S. The SMILES string of the molecule is CCOC(=O)c1cc2c3cc(OC)ccc3n(S(=O)(=O)c3ccccc3)c2cc1-c1cc(OC)c(OC)cc1[N+](=O)[O-]. The van der Waals surface area contributed by atoms with Crippen LogP contribution in [0.4, 0.5) is 5.69 Å². The Kier molecular flexibility index (Phi) is 7.48. The predicted octanol–water partition coefficient (Wildman–Crippen LogP) is 5.81. The van der Waals surface area contributed by atoms with Crippen LogP contribution in [-0.4, -0.2) is 51.2 Å². The maximum absolute atomic E-state index is 14.1. The third-order valence-corrected chi connectivity index (χ3v) is 8.57. The number of aromatic nitrogens is 1. The highest BCUT2D eigenvalue weighted by atomic mass is 32.2. The third kappa shape index (κ3) is 4.65. The average Bonchev–Trinajstić information content (AvgIpc) is 3.33. The van der Waals surface area contributed by atoms with Gasteiger partial charge in [0.15, 0.2) is 11.5 Å². The number of rotatable bonds is 9. The molecule has 0 unspecified atom stereocenters. The molecule has 0 saturated carbocycles. The fraction of sp³-hybridized carbons (Fsp3) is 0.167. The van der Waals surface area contributed by atoms with Gasteiger partial charge in [-0.1, -0.05) is 18.2 Å². The highest BCUT2D eigenvalue weighted by Gasteiger charge is 2.29. The average molecular weight is 591 g/mol. The quantitative estimate of drug-likeness (QED) is 0.118. The standard InChI is InChI=1S/C30H26N2O9S/c1-5-41-30(33)24-14-22-21-13-18(38-2)11-12-25(21)31(42(36,37)19-9-7-6-8-10-19)26(22)15-20(24)23-16-28(39-3)29(40-4)17-27(23)32(34)35/h6-17H,5H2,1-4H3. The zero-order valence-corrected chi connectivity index (χ0v) is 23.9. The van der Waals surface area contributed by atoms with E-state index in [2.05, 4.69) is 0 Å². The maximum atomic E-state index is 14.1. The van der Waals surface area contributed by atoms with Crippen molar-refractivity contribution in [3.63, 3.8) is 0 Å². The number of nitro benzene ring substituents is 1. The highest BCUT2D eigenvalue weighted by Crippen LogP contribution is 2.44. The smallest absolute Gasteiger partial charge is 0.338 e. The van der Waals surface area contributed by atoms with Gasteiger partial charge in [-0.15, -0.1) is 0 Å². The number of carbonyl (C=O) groups excluding carboxylic acids is 1. The molecule has 0 N–H and O–H groups in total. The van der Waals surface area contributed by atoms with Gasteiger partial charge in [0.2, 0.25) is 0 Å². The number of nitrogens with zero attached hydrogens (tertiary/aromatic N) is 2. The molecule has 12 heteroatoms. The fourth-order valence-corrected chi connectivity index (χ4v) is 6.47. The molecule has 11 nitrogen and oxygen atoms in total. The van der Waals surface area contributed by atoms with Gasteiger partial charge >= 0.3 is 5.97 Å². The van der Waals surface area contributed by atoms with E-state index in [0.29, 0.717) is 22.0 Å². The predicted molar refractivity (Wildman–Crippen MR) is 156 cm³/mol. The molecule has 0 radical (unpaired) electrons. The van der Waals surface area contributed by atoms with E-state index >= 15 is 0 Å². The lowest BCUT2D eigenvalue weighted by molar-refractivity contribution is -0.384. The lowest BCUT2D eigenvalue weighted by Gasteiger charge is -2.15. The molecule has 216 valence electrons. The molecule has 0 amide bonds. The van der Waals surface area contributed by atoms with E-state index in [1.807, 2.05) is 0 Å². The largest absolute Gasteiger partial charge is 0.497 e. The molecule has 0 fully saturated rings. The van der Waals surface area contributed by atoms with Gasteiger partial charge in [-0.05, 0) is 55.5 Å². The summed E-state index contributed by atoms with van der Waals surface area (Å²) in [6.45, 7) is 1.68. The number of hydrogen-bond donors (Lipinski definition) is 0. The summed E-state index contributed by atoms with van der Waals surface area (Å²) in [5.74, 6) is 0.0129. The number of hydrogen-bond acceptors (Lipinski definition) is 9. The molecule has 1 heterocycles. The van der Waals surface area contributed by atoms with Crippen LogP contribution in [0.5, 0.6) is 17.2 Å². The van der Waals surface area contributed by atoms with E-state index in [1.165, 1.54) is 57.7 Å². The summed E-state index contributed by atoms with van der Waals surface area (Å²) >= 11 is 0. The van der Waals surface area contributed by atoms with Gasteiger partial charge in [-0.2, -0.15) is 0 Å². The second-order valence-corrected chi connectivity index (χ2v) is 10.9. The molecule has 0 atom stereocenters. The summed E-state index contributed by atoms with van der Waals surface area (Å²) in [5, 5.41) is 13.1. The number of fused-ring (bicyclic) bond motifs is 3. The monoisotopic (exact) mass is 590 g/mol. The van der Waals surface area contributed by atoms with Crippen LogP contribution in [0, 0.1) is 10.1 Å². The number of ether oxygens (including phenoxy) is 4. The summed E-state index contributed by atoms with van der Waals surface area (Å²) in [7, 11) is 0.0273. The van der Waals surface area contributed by atoms with E-state index in [4.69, 9.17) is 18.9 Å². The summed E-state index contributed by atoms with van der Waals surface area (Å²) in [5.41, 5.74) is 0.214. The third-order valence-electron chi connectivity index (χ3n) is 6.83. The first-order chi connectivity index (χ1) is 20.2. The molecule has 1 aromatic heterocycles. The molecule has 5 aromatic rings. The molecular weight excluding hydrogens is 564 g/mol. The Morgan fingerprint density at radius 1 is 0.833 bits per heavy atom. The Bertz CT molecular complexity index is 1970. The summed E-state index contributed by atoms with van der Waals surface area (Å²) in [6, 6.07) is 18.3. The second-order valence-electron chi connectivity index (χ2n) is 9.08. The van der Waals surface area contributed by atoms with Crippen LogP contribution in [0.1, 0.15) is 17.3 Å². The minimum Gasteiger partial charge on any atom is -0.497 e. The zero-order chi connectivity index (χ0) is 30.2. The fourth-order valence-electron chi connectivity index (χ4n) is 4.93. The summed E-state index contributed by atoms with van der Waals surface area (Å²) in [4.78, 5) is 25.0. The molecule has 0 aliphatic rings. The molecule has 0 saturated heterocycles. The van der Waals surface area contributed by atoms with Crippen LogP contribution < -0.4 is 14.2 Å². The van der Waals surface area contributed by atoms with Crippen LogP contribution in [0.25, 0.3) is 32.9 Å². The van der Waals surface area contributed by atoms with Crippen molar-refractivity contribution in [1.82, 2.24) is 3.97 Å². The van der Waals surface area contributed by atoms with Crippen LogP contribution in [0.2, 0.25) is 0 Å². The summed E-state index contributed by atoms with van der Waals surface area (Å²) in [6.07, 6.45) is 0. The minimum absolute atomic E-state index is 0.00125. The lowest BCUT2D eigenvalue weighted by atomic mass is 9.95. The molecule has 0 bridgehead atoms. The Balaban J connectivity index is 1.98. The first-order valence-electron chi connectivity index (χ1n) is 12.7. The van der Waals surface area contributed by atoms with Gasteiger partial charge < -0.3 is 18.9 Å². The number of esters is 1. The molecule has 4 aromatic carbocycles. The Hall–Kier alpha value is -5.10. The van der Waals surface area contributed by atoms with Crippen molar-refractivity contribution in [2.24, 2.45) is 0 Å². The van der Waals surface area contributed by atoms with E-state index in [1.54, 1.807) is 43.3 Å². The number of benzene rings is 4. The molecule has 0 aliphatic heterocycles. The van der Waals surface area contributed by atoms with Crippen LogP contribution in [-0.2, 0) is 14.8 Å².